The van der Waals surface area contributed by atoms with E-state index in [1.165, 1.54) is 20.6 Å². The first-order chi connectivity index (χ1) is 35.3. The lowest BCUT2D eigenvalue weighted by Gasteiger charge is -2.34. The minimum atomic E-state index is -1.63. The summed E-state index contributed by atoms with van der Waals surface area (Å²) in [5.41, 5.74) is 8.12. The molecular weight excluding hydrogens is 945 g/mol. The number of hydrazine groups is 1. The number of aliphatic carboxylic acids is 1. The molecule has 6 bridgehead atoms. The third-order valence-electron chi connectivity index (χ3n) is 14.8. The Morgan fingerprint density at radius 1 is 1.00 bits per heavy atom. The van der Waals surface area contributed by atoms with Gasteiger partial charge in [0.1, 0.15) is 11.8 Å². The van der Waals surface area contributed by atoms with E-state index in [1.54, 1.807) is 37.4 Å². The Bertz CT molecular complexity index is 2940. The predicted molar refractivity (Wildman–Crippen MR) is 277 cm³/mol. The number of cyclic esters (lactones) is 1. The van der Waals surface area contributed by atoms with Crippen molar-refractivity contribution in [2.75, 3.05) is 47.0 Å². The minimum Gasteiger partial charge on any atom is -0.481 e. The minimum absolute atomic E-state index is 0.0755. The number of amides is 4. The lowest BCUT2D eigenvalue weighted by atomic mass is 9.83. The fraction of sp³-hybridized carbons (Fsp3) is 0.474. The van der Waals surface area contributed by atoms with Gasteiger partial charge < -0.3 is 33.7 Å². The maximum absolute atomic E-state index is 15.3. The van der Waals surface area contributed by atoms with Gasteiger partial charge in [0.25, 0.3) is 0 Å². The van der Waals surface area contributed by atoms with Crippen LogP contribution in [0.25, 0.3) is 33.3 Å². The number of carboxylic acid groups (broad SMARTS) is 1. The topological polar surface area (TPSA) is 197 Å². The van der Waals surface area contributed by atoms with Crippen LogP contribution in [0.2, 0.25) is 0 Å². The number of ether oxygens (including phenoxy) is 3. The number of carbonyl (C=O) groups excluding carboxylic acids is 6. The SMILES string of the molecule is C=CC(=O)N1CC[C@H](C(=O)N(C)[C@H](C(=O)[N+]2=CC23Cc2cc(OC(=O)CCC(=O)O)cc(c2)-c2ccc4c(c2)c(c(-c2ccccc2CCOC)n4CC)CC(C)(C)COC(=O)[C@@H]2CCCN(N2)C3=O)C(C)C)C1. The Kier molecular flexibility index (Phi) is 15.7. The summed E-state index contributed by atoms with van der Waals surface area (Å²) in [6.07, 6.45) is 4.34. The number of nitrogens with one attached hydrogen (secondary N) is 1. The van der Waals surface area contributed by atoms with Gasteiger partial charge in [-0.1, -0.05) is 70.7 Å². The van der Waals surface area contributed by atoms with E-state index in [1.807, 2.05) is 38.1 Å². The van der Waals surface area contributed by atoms with Crippen LogP contribution in [0.3, 0.4) is 0 Å². The molecule has 4 aliphatic heterocycles. The van der Waals surface area contributed by atoms with E-state index in [4.69, 9.17) is 14.2 Å². The lowest BCUT2D eigenvalue weighted by molar-refractivity contribution is -0.423. The summed E-state index contributed by atoms with van der Waals surface area (Å²) in [6, 6.07) is 17.8. The number of methoxy groups -OCH3 is 1. The maximum atomic E-state index is 15.3. The van der Waals surface area contributed by atoms with E-state index >= 15 is 9.59 Å². The average molecular weight is 1010 g/mol. The second-order valence-electron chi connectivity index (χ2n) is 21.2. The molecule has 4 atom stereocenters. The molecule has 4 amide bonds. The van der Waals surface area contributed by atoms with E-state index in [-0.39, 0.29) is 50.1 Å². The number of carbonyl (C=O) groups is 7. The Morgan fingerprint density at radius 2 is 1.77 bits per heavy atom. The van der Waals surface area contributed by atoms with E-state index < -0.39 is 71.0 Å². The number of hydrogen-bond donors (Lipinski definition) is 2. The van der Waals surface area contributed by atoms with Gasteiger partial charge in [0.05, 0.1) is 44.1 Å². The second-order valence-corrected chi connectivity index (χ2v) is 21.2. The van der Waals surface area contributed by atoms with Crippen molar-refractivity contribution in [1.29, 1.82) is 0 Å². The van der Waals surface area contributed by atoms with E-state index in [9.17, 15) is 29.1 Å². The fourth-order valence-electron chi connectivity index (χ4n) is 11.1. The Labute approximate surface area is 432 Å². The van der Waals surface area contributed by atoms with Crippen molar-refractivity contribution in [3.05, 3.63) is 90.0 Å². The van der Waals surface area contributed by atoms with E-state index in [0.717, 1.165) is 38.9 Å². The molecule has 5 heterocycles. The molecule has 4 aliphatic rings. The van der Waals surface area contributed by atoms with Gasteiger partial charge in [0.2, 0.25) is 18.0 Å². The van der Waals surface area contributed by atoms with Crippen molar-refractivity contribution in [3.63, 3.8) is 0 Å². The smallest absolute Gasteiger partial charge is 0.411 e. The lowest BCUT2D eigenvalue weighted by Crippen LogP contribution is -2.61. The molecule has 1 aromatic heterocycles. The summed E-state index contributed by atoms with van der Waals surface area (Å²) in [5, 5.41) is 11.7. The van der Waals surface area contributed by atoms with Crippen LogP contribution in [-0.2, 0) is 68.8 Å². The molecule has 2 fully saturated rings. The number of likely N-dealkylation sites (tertiary alicyclic amines) is 1. The van der Waals surface area contributed by atoms with Crippen LogP contribution in [0, 0.1) is 17.3 Å². The summed E-state index contributed by atoms with van der Waals surface area (Å²) in [5.74, 6) is -4.82. The molecule has 2 N–H and O–H groups in total. The average Bonchev–Trinajstić information content (AvgIpc) is 3.74. The molecule has 0 aliphatic carbocycles. The van der Waals surface area contributed by atoms with Crippen LogP contribution in [0.4, 0.5) is 0 Å². The van der Waals surface area contributed by atoms with Crippen LogP contribution in [0.1, 0.15) is 83.4 Å². The van der Waals surface area contributed by atoms with Gasteiger partial charge in [0.15, 0.2) is 6.04 Å². The fourth-order valence-corrected chi connectivity index (χ4v) is 11.1. The summed E-state index contributed by atoms with van der Waals surface area (Å²) >= 11 is 0. The summed E-state index contributed by atoms with van der Waals surface area (Å²) < 4.78 is 21.3. The number of benzene rings is 3. The summed E-state index contributed by atoms with van der Waals surface area (Å²) in [4.78, 5) is 98.9. The van der Waals surface area contributed by atoms with E-state index in [2.05, 4.69) is 61.6 Å². The third-order valence-corrected chi connectivity index (χ3v) is 14.8. The van der Waals surface area contributed by atoms with Crippen LogP contribution in [0.15, 0.2) is 73.3 Å². The Hall–Kier alpha value is -6.98. The van der Waals surface area contributed by atoms with Gasteiger partial charge in [-0.15, -0.1) is 4.58 Å². The molecule has 8 rings (SSSR count). The molecule has 1 unspecified atom stereocenters. The Morgan fingerprint density at radius 3 is 2.49 bits per heavy atom. The van der Waals surface area contributed by atoms with Crippen molar-refractivity contribution in [1.82, 2.24) is 24.8 Å². The van der Waals surface area contributed by atoms with Crippen molar-refractivity contribution in [2.24, 2.45) is 17.3 Å². The standard InChI is InChI=1S/C57H68N6O11/c1-9-47(64)60-24-21-39(32-60)52(68)59(7)50(35(3)4)53(69)62-33-57(62)30-36-26-40(28-41(27-36)74-49(67)20-19-48(65)66)38-17-18-46-43(29-38)44(51(61(46)10-2)42-15-12-11-14-37(42)22-25-72-8)31-56(5,6)34-73-54(70)45-16-13-23-63(58-45)55(57)71/h9,11-12,14-15,17-18,26-29,33,35,39,45,50,58H,1,10,13,16,19-25,30-32,34H2,2-8H3/p+1/t39-,45-,50-,57?/m0/s1. The number of fused-ring (bicyclic) bond motifs is 6. The van der Waals surface area contributed by atoms with Crippen molar-refractivity contribution in [2.45, 2.75) is 110 Å². The normalized spacial score (nSPS) is 20.9. The second kappa shape index (κ2) is 21.9. The molecule has 2 saturated heterocycles. The first kappa shape index (κ1) is 53.3. The number of rotatable bonds is 14. The molecule has 4 aromatic rings. The van der Waals surface area contributed by atoms with Crippen LogP contribution < -0.4 is 10.2 Å². The highest BCUT2D eigenvalue weighted by Gasteiger charge is 2.69. The quantitative estimate of drug-likeness (QED) is 0.0649. The number of aryl methyl sites for hydroxylation is 1. The van der Waals surface area contributed by atoms with Gasteiger partial charge >= 0.3 is 35.3 Å². The number of likely N-dealkylation sites (N-methyl/N-ethyl adjacent to an activating group) is 1. The third kappa shape index (κ3) is 10.9. The monoisotopic (exact) mass is 1010 g/mol. The highest BCUT2D eigenvalue weighted by molar-refractivity contribution is 6.10. The van der Waals surface area contributed by atoms with Gasteiger partial charge in [0, 0.05) is 62.2 Å². The first-order valence-corrected chi connectivity index (χ1v) is 25.7. The van der Waals surface area contributed by atoms with Crippen LogP contribution >= 0.6 is 0 Å². The highest BCUT2D eigenvalue weighted by atomic mass is 16.5. The number of carboxylic acids is 1. The van der Waals surface area contributed by atoms with Gasteiger partial charge in [-0.3, -0.25) is 33.8 Å². The van der Waals surface area contributed by atoms with Gasteiger partial charge in [-0.05, 0) is 103 Å². The molecule has 0 radical (unpaired) electrons. The van der Waals surface area contributed by atoms with Gasteiger partial charge in [-0.2, -0.15) is 0 Å². The zero-order valence-electron chi connectivity index (χ0n) is 43.6. The van der Waals surface area contributed by atoms with Crippen LogP contribution in [-0.4, -0.2) is 141 Å². The Balaban J connectivity index is 1.27. The van der Waals surface area contributed by atoms with E-state index in [0.29, 0.717) is 62.9 Å². The molecule has 392 valence electrons. The van der Waals surface area contributed by atoms with Crippen LogP contribution in [0.5, 0.6) is 5.75 Å². The van der Waals surface area contributed by atoms with Gasteiger partial charge in [-0.25, -0.2) is 10.2 Å². The summed E-state index contributed by atoms with van der Waals surface area (Å²) in [7, 11) is 3.26. The zero-order valence-corrected chi connectivity index (χ0v) is 43.6. The largest absolute Gasteiger partial charge is 0.481 e. The maximum Gasteiger partial charge on any atom is 0.411 e. The molecule has 0 saturated carbocycles. The van der Waals surface area contributed by atoms with Crippen molar-refractivity contribution in [3.8, 4) is 28.1 Å². The number of aromatic nitrogens is 1. The molecule has 3 aromatic carbocycles. The predicted octanol–water partition coefficient (Wildman–Crippen LogP) is 6.00. The number of nitrogens with zero attached hydrogens (tertiary/aromatic N) is 5. The number of esters is 2. The molecule has 74 heavy (non-hydrogen) atoms. The molecule has 1 spiro atoms. The molecular formula is C57H69N6O11+. The number of hydrogen-bond acceptors (Lipinski definition) is 11. The van der Waals surface area contributed by atoms with Crippen molar-refractivity contribution >= 4 is 58.7 Å². The highest BCUT2D eigenvalue weighted by Crippen LogP contribution is 2.42. The summed E-state index contributed by atoms with van der Waals surface area (Å²) in [6.45, 7) is 15.5. The molecule has 17 heteroatoms. The molecule has 17 nitrogen and oxygen atoms in total. The first-order valence-electron chi connectivity index (χ1n) is 25.7. The van der Waals surface area contributed by atoms with Crippen molar-refractivity contribution < 1.29 is 57.5 Å². The zero-order chi connectivity index (χ0) is 53.2.